The van der Waals surface area contributed by atoms with Crippen molar-refractivity contribution < 1.29 is 45.5 Å². The van der Waals surface area contributed by atoms with Crippen molar-refractivity contribution >= 4 is 21.6 Å². The standard InChI is InChI=1S/C5H4N4O.Cu.H2O4S.2H2O/c10-5-3-4(7-1-6-3)8-2-9-5;;1-5(2,3)4;;/h1-2H,(H2,6,7,8,9,10);;(H2,1,2,3,4);2*1H2/q;+2;;;/p-1. The predicted octanol–water partition coefficient (Wildman–Crippen LogP) is -3.91. The molecule has 0 aliphatic carbocycles. The maximum atomic E-state index is 10.8. The number of hydrogen-bond donors (Lipinski definition) is 1. The van der Waals surface area contributed by atoms with Gasteiger partial charge in [-0.15, -0.1) is 0 Å². The molecule has 13 heteroatoms. The first-order chi connectivity index (χ1) is 6.88. The van der Waals surface area contributed by atoms with Crippen molar-refractivity contribution in [2.45, 2.75) is 0 Å². The third-order valence-corrected chi connectivity index (χ3v) is 1.18. The van der Waals surface area contributed by atoms with Crippen LogP contribution in [0.5, 0.6) is 0 Å². The molecule has 0 amide bonds. The van der Waals surface area contributed by atoms with Crippen molar-refractivity contribution in [3.63, 3.8) is 0 Å². The normalized spacial score (nSPS) is 9.00. The van der Waals surface area contributed by atoms with Crippen molar-refractivity contribution in [2.24, 2.45) is 0 Å². The molecule has 0 bridgehead atoms. The molecule has 0 spiro atoms. The zero-order chi connectivity index (χ0) is 11.5. The van der Waals surface area contributed by atoms with Crippen LogP contribution in [0.4, 0.5) is 0 Å². The van der Waals surface area contributed by atoms with Gasteiger partial charge in [0, 0.05) is 15.9 Å². The average Bonchev–Trinajstić information content (AvgIpc) is 2.49. The first kappa shape index (κ1) is 21.9. The molecule has 2 rings (SSSR count). The van der Waals surface area contributed by atoms with Crippen LogP contribution in [0.1, 0.15) is 0 Å². The molecule has 0 saturated heterocycles. The van der Waals surface area contributed by atoms with E-state index in [9.17, 15) is 4.79 Å². The summed E-state index contributed by atoms with van der Waals surface area (Å²) in [6, 6.07) is 0. The van der Waals surface area contributed by atoms with E-state index in [1.807, 2.05) is 0 Å². The van der Waals surface area contributed by atoms with E-state index in [2.05, 4.69) is 19.9 Å². The van der Waals surface area contributed by atoms with Crippen LogP contribution in [0.15, 0.2) is 17.4 Å². The first-order valence-corrected chi connectivity index (χ1v) is 4.69. The third-order valence-electron chi connectivity index (χ3n) is 1.18. The fourth-order valence-electron chi connectivity index (χ4n) is 0.735. The van der Waals surface area contributed by atoms with Gasteiger partial charge in [0.25, 0.3) is 5.56 Å². The summed E-state index contributed by atoms with van der Waals surface area (Å²) in [7, 11) is -5.17. The van der Waals surface area contributed by atoms with E-state index in [0.717, 1.165) is 0 Å². The maximum absolute atomic E-state index is 10.8. The molecule has 0 aliphatic rings. The molecule has 0 fully saturated rings. The van der Waals surface area contributed by atoms with Crippen LogP contribution in [-0.2, 0) is 38.4 Å². The molecule has 0 aromatic carbocycles. The number of nitrogens with zero attached hydrogens (tertiary/aromatic N) is 3. The minimum absolute atomic E-state index is 0. The summed E-state index contributed by atoms with van der Waals surface area (Å²) >= 11 is 0. The number of aromatic amines is 1. The van der Waals surface area contributed by atoms with Crippen molar-refractivity contribution in [1.29, 1.82) is 0 Å². The average molecular weight is 333 g/mol. The number of hydrogen-bond acceptors (Lipinski definition) is 7. The smallest absolute Gasteiger partial charge is 0.759 e. The molecule has 107 valence electrons. The maximum Gasteiger partial charge on any atom is 2.00 e. The van der Waals surface area contributed by atoms with Crippen LogP contribution in [0.3, 0.4) is 0 Å². The van der Waals surface area contributed by atoms with E-state index < -0.39 is 10.4 Å². The number of H-pyrrole nitrogens is 1. The Bertz CT molecular complexity index is 599. The van der Waals surface area contributed by atoms with Gasteiger partial charge in [-0.25, -0.2) is 4.98 Å². The second-order valence-electron chi connectivity index (χ2n) is 2.19. The Balaban J connectivity index is -0.000000252. The molecule has 0 unspecified atom stereocenters. The summed E-state index contributed by atoms with van der Waals surface area (Å²) in [6.07, 6.45) is 2.62. The predicted molar refractivity (Wildman–Crippen MR) is 53.7 cm³/mol. The van der Waals surface area contributed by atoms with Crippen molar-refractivity contribution in [2.75, 3.05) is 0 Å². The monoisotopic (exact) mass is 332 g/mol. The Hall–Kier alpha value is -1.34. The van der Waals surface area contributed by atoms with E-state index in [-0.39, 0.29) is 33.6 Å². The Morgan fingerprint density at radius 3 is 2.17 bits per heavy atom. The number of nitrogens with one attached hydrogen (secondary N) is 1. The van der Waals surface area contributed by atoms with Gasteiger partial charge in [-0.05, 0) is 0 Å². The van der Waals surface area contributed by atoms with Crippen molar-refractivity contribution in [3.05, 3.63) is 23.0 Å². The Labute approximate surface area is 110 Å². The van der Waals surface area contributed by atoms with E-state index in [1.54, 1.807) is 0 Å². The Morgan fingerprint density at radius 1 is 1.22 bits per heavy atom. The first-order valence-electron chi connectivity index (χ1n) is 3.35. The molecule has 0 saturated carbocycles. The van der Waals surface area contributed by atoms with Crippen molar-refractivity contribution in [3.8, 4) is 0 Å². The molecule has 2 aromatic rings. The van der Waals surface area contributed by atoms with Gasteiger partial charge in [0.05, 0.1) is 12.0 Å². The quantitative estimate of drug-likeness (QED) is 0.217. The second-order valence-corrected chi connectivity index (χ2v) is 3.00. The van der Waals surface area contributed by atoms with E-state index in [4.69, 9.17) is 17.5 Å². The van der Waals surface area contributed by atoms with Gasteiger partial charge in [0.2, 0.25) is 0 Å². The third kappa shape index (κ3) is 7.86. The number of imidazole rings is 1. The minimum atomic E-state index is -5.17. The zero-order valence-corrected chi connectivity index (χ0v) is 10.2. The summed E-state index contributed by atoms with van der Waals surface area (Å²) in [5.41, 5.74) is 0.439. The molecular weight excluding hydrogens is 324 g/mol. The van der Waals surface area contributed by atoms with Gasteiger partial charge in [-0.2, -0.15) is 0 Å². The summed E-state index contributed by atoms with van der Waals surface area (Å²) in [5, 5.41) is 0. The zero-order valence-electron chi connectivity index (χ0n) is 8.40. The van der Waals surface area contributed by atoms with E-state index in [1.165, 1.54) is 12.7 Å². The molecule has 7 N–H and O–H groups in total. The van der Waals surface area contributed by atoms with Gasteiger partial charge in [-0.3, -0.25) is 13.2 Å². The van der Waals surface area contributed by atoms with Crippen LogP contribution >= 0.6 is 0 Å². The molecule has 2 aromatic heterocycles. The molecular formula is C5H9CuN4O7S+. The molecule has 11 nitrogen and oxygen atoms in total. The van der Waals surface area contributed by atoms with Crippen LogP contribution in [0.2, 0.25) is 0 Å². The summed E-state index contributed by atoms with van der Waals surface area (Å²) in [6.45, 7) is 0. The van der Waals surface area contributed by atoms with Gasteiger partial charge in [-0.1, -0.05) is 6.33 Å². The van der Waals surface area contributed by atoms with Gasteiger partial charge in [0.15, 0.2) is 0 Å². The van der Waals surface area contributed by atoms with Gasteiger partial charge < -0.3 is 35.0 Å². The van der Waals surface area contributed by atoms with Crippen LogP contribution in [0.25, 0.3) is 11.2 Å². The Kier molecular flexibility index (Phi) is 10.6. The van der Waals surface area contributed by atoms with Crippen LogP contribution in [0, 0.1) is 0 Å². The van der Waals surface area contributed by atoms with Crippen LogP contribution < -0.4 is 10.5 Å². The summed E-state index contributed by atoms with van der Waals surface area (Å²) < 4.78 is 34.1. The second kappa shape index (κ2) is 8.71. The minimum Gasteiger partial charge on any atom is -0.759 e. The van der Waals surface area contributed by atoms with E-state index in [0.29, 0.717) is 11.2 Å². The molecule has 18 heavy (non-hydrogen) atoms. The van der Waals surface area contributed by atoms with E-state index >= 15 is 0 Å². The summed E-state index contributed by atoms with van der Waals surface area (Å²) in [5.74, 6) is 0. The Morgan fingerprint density at radius 2 is 1.72 bits per heavy atom. The SMILES string of the molecule is O=S(=O)([O-])[O-].O=c1[nH]cnc2nc[n-]c12.[Cu+2].[OH3+].[OH3+]. The number of rotatable bonds is 0. The molecule has 0 aliphatic heterocycles. The van der Waals surface area contributed by atoms with Crippen LogP contribution in [-0.4, -0.2) is 32.5 Å². The molecule has 1 radical (unpaired) electrons. The fraction of sp³-hybridized carbons (Fsp3) is 0. The van der Waals surface area contributed by atoms with Gasteiger partial charge in [0.1, 0.15) is 0 Å². The number of aromatic nitrogens is 4. The van der Waals surface area contributed by atoms with Crippen molar-refractivity contribution in [1.82, 2.24) is 19.9 Å². The topological polar surface area (TPSA) is 219 Å². The fourth-order valence-corrected chi connectivity index (χ4v) is 0.735. The molecule has 2 heterocycles. The number of fused-ring (bicyclic) bond motifs is 1. The largest absolute Gasteiger partial charge is 2.00 e. The molecule has 0 atom stereocenters. The van der Waals surface area contributed by atoms with Gasteiger partial charge >= 0.3 is 17.1 Å². The summed E-state index contributed by atoms with van der Waals surface area (Å²) in [4.78, 5) is 24.4.